The van der Waals surface area contributed by atoms with Crippen molar-refractivity contribution in [2.45, 2.75) is 52.1 Å². The molecule has 0 spiro atoms. The third kappa shape index (κ3) is 2.73. The molecule has 3 unspecified atom stereocenters. The molecule has 15 heavy (non-hydrogen) atoms. The van der Waals surface area contributed by atoms with Gasteiger partial charge < -0.3 is 10.2 Å². The summed E-state index contributed by atoms with van der Waals surface area (Å²) in [6.45, 7) is 10.8. The zero-order valence-electron chi connectivity index (χ0n) is 10.5. The van der Waals surface area contributed by atoms with Crippen LogP contribution < -0.4 is 5.32 Å². The maximum absolute atomic E-state index is 3.63. The van der Waals surface area contributed by atoms with Gasteiger partial charge in [0.15, 0.2) is 0 Å². The fraction of sp³-hybridized carbons (Fsp3) is 1.00. The molecule has 1 aliphatic carbocycles. The van der Waals surface area contributed by atoms with Gasteiger partial charge in [-0.25, -0.2) is 0 Å². The number of nitrogens with one attached hydrogen (secondary N) is 1. The topological polar surface area (TPSA) is 15.3 Å². The Bertz CT molecular complexity index is 201. The van der Waals surface area contributed by atoms with Crippen LogP contribution in [0.15, 0.2) is 0 Å². The summed E-state index contributed by atoms with van der Waals surface area (Å²) in [7, 11) is 0. The van der Waals surface area contributed by atoms with Gasteiger partial charge in [-0.05, 0) is 51.1 Å². The van der Waals surface area contributed by atoms with Gasteiger partial charge in [-0.2, -0.15) is 0 Å². The molecule has 0 amide bonds. The smallest absolute Gasteiger partial charge is 0.0120 e. The van der Waals surface area contributed by atoms with Crippen LogP contribution in [0.3, 0.4) is 0 Å². The first-order valence-corrected chi connectivity index (χ1v) is 6.69. The van der Waals surface area contributed by atoms with Crippen LogP contribution in [-0.4, -0.2) is 36.6 Å². The summed E-state index contributed by atoms with van der Waals surface area (Å²) in [5.74, 6) is 1.84. The van der Waals surface area contributed by atoms with Gasteiger partial charge >= 0.3 is 0 Å². The second kappa shape index (κ2) is 4.84. The Labute approximate surface area is 94.4 Å². The van der Waals surface area contributed by atoms with Crippen LogP contribution in [0.2, 0.25) is 0 Å². The maximum Gasteiger partial charge on any atom is 0.0120 e. The van der Waals surface area contributed by atoms with E-state index in [1.165, 1.54) is 32.4 Å². The number of piperidine rings is 1. The van der Waals surface area contributed by atoms with Gasteiger partial charge in [0.2, 0.25) is 0 Å². The minimum absolute atomic E-state index is 0.750. The van der Waals surface area contributed by atoms with Crippen molar-refractivity contribution in [3.8, 4) is 0 Å². The van der Waals surface area contributed by atoms with Crippen molar-refractivity contribution >= 4 is 0 Å². The summed E-state index contributed by atoms with van der Waals surface area (Å²) < 4.78 is 0. The number of nitrogens with zero attached hydrogens (tertiary/aromatic N) is 1. The number of hydrogen-bond donors (Lipinski definition) is 1. The van der Waals surface area contributed by atoms with E-state index in [9.17, 15) is 0 Å². The van der Waals surface area contributed by atoms with Crippen molar-refractivity contribution in [1.29, 1.82) is 0 Å². The monoisotopic (exact) mass is 210 g/mol. The van der Waals surface area contributed by atoms with Gasteiger partial charge in [-0.3, -0.25) is 0 Å². The molecule has 3 atom stereocenters. The first-order valence-electron chi connectivity index (χ1n) is 6.69. The largest absolute Gasteiger partial charge is 0.314 e. The first-order chi connectivity index (χ1) is 7.22. The molecule has 0 bridgehead atoms. The standard InChI is InChI=1S/C13H26N2/c1-4-14-13-7-8-15(9-12-5-6-12)11(3)10(13)2/h10-14H,4-9H2,1-3H3. The number of rotatable bonds is 4. The van der Waals surface area contributed by atoms with Crippen molar-refractivity contribution in [3.05, 3.63) is 0 Å². The van der Waals surface area contributed by atoms with E-state index < -0.39 is 0 Å². The summed E-state index contributed by atoms with van der Waals surface area (Å²) in [5.41, 5.74) is 0. The lowest BCUT2D eigenvalue weighted by Crippen LogP contribution is -2.53. The summed E-state index contributed by atoms with van der Waals surface area (Å²) in [4.78, 5) is 2.72. The normalized spacial score (nSPS) is 38.2. The van der Waals surface area contributed by atoms with E-state index in [2.05, 4.69) is 31.0 Å². The van der Waals surface area contributed by atoms with Gasteiger partial charge in [0.25, 0.3) is 0 Å². The van der Waals surface area contributed by atoms with Crippen LogP contribution in [0, 0.1) is 11.8 Å². The molecule has 1 saturated heterocycles. The molecular formula is C13H26N2. The third-order valence-electron chi connectivity index (χ3n) is 4.35. The summed E-state index contributed by atoms with van der Waals surface area (Å²) in [5, 5.41) is 3.63. The highest BCUT2D eigenvalue weighted by Crippen LogP contribution is 2.33. The van der Waals surface area contributed by atoms with E-state index in [1.807, 2.05) is 0 Å². The molecule has 1 N–H and O–H groups in total. The molecule has 1 saturated carbocycles. The third-order valence-corrected chi connectivity index (χ3v) is 4.35. The molecule has 0 aromatic rings. The minimum Gasteiger partial charge on any atom is -0.314 e. The van der Waals surface area contributed by atoms with E-state index >= 15 is 0 Å². The Morgan fingerprint density at radius 3 is 2.53 bits per heavy atom. The lowest BCUT2D eigenvalue weighted by molar-refractivity contribution is 0.0814. The second-order valence-electron chi connectivity index (χ2n) is 5.49. The Morgan fingerprint density at radius 2 is 1.93 bits per heavy atom. The van der Waals surface area contributed by atoms with Crippen LogP contribution in [0.4, 0.5) is 0 Å². The molecule has 2 fully saturated rings. The van der Waals surface area contributed by atoms with Crippen LogP contribution in [0.25, 0.3) is 0 Å². The maximum atomic E-state index is 3.63. The van der Waals surface area contributed by atoms with Crippen molar-refractivity contribution in [2.24, 2.45) is 11.8 Å². The highest BCUT2D eigenvalue weighted by molar-refractivity contribution is 4.90. The molecule has 1 heterocycles. The number of likely N-dealkylation sites (tertiary alicyclic amines) is 1. The average Bonchev–Trinajstić information content (AvgIpc) is 3.02. The Kier molecular flexibility index (Phi) is 3.68. The molecule has 2 nitrogen and oxygen atoms in total. The fourth-order valence-corrected chi connectivity index (χ4v) is 2.88. The molecule has 0 aromatic carbocycles. The highest BCUT2D eigenvalue weighted by atomic mass is 15.2. The van der Waals surface area contributed by atoms with Gasteiger partial charge in [-0.15, -0.1) is 0 Å². The lowest BCUT2D eigenvalue weighted by Gasteiger charge is -2.43. The Balaban J connectivity index is 1.85. The first kappa shape index (κ1) is 11.4. The minimum atomic E-state index is 0.750. The van der Waals surface area contributed by atoms with Crippen molar-refractivity contribution in [1.82, 2.24) is 10.2 Å². The summed E-state index contributed by atoms with van der Waals surface area (Å²) >= 11 is 0. The van der Waals surface area contributed by atoms with E-state index in [-0.39, 0.29) is 0 Å². The van der Waals surface area contributed by atoms with E-state index in [1.54, 1.807) is 0 Å². The van der Waals surface area contributed by atoms with Gasteiger partial charge in [0, 0.05) is 18.6 Å². The molecule has 88 valence electrons. The Morgan fingerprint density at radius 1 is 1.20 bits per heavy atom. The zero-order chi connectivity index (χ0) is 10.8. The predicted octanol–water partition coefficient (Wildman–Crippen LogP) is 2.10. The highest BCUT2D eigenvalue weighted by Gasteiger charge is 2.34. The van der Waals surface area contributed by atoms with Crippen molar-refractivity contribution in [2.75, 3.05) is 19.6 Å². The quantitative estimate of drug-likeness (QED) is 0.764. The Hall–Kier alpha value is -0.0800. The van der Waals surface area contributed by atoms with Gasteiger partial charge in [-0.1, -0.05) is 13.8 Å². The van der Waals surface area contributed by atoms with Gasteiger partial charge in [0.1, 0.15) is 0 Å². The van der Waals surface area contributed by atoms with E-state index in [0.717, 1.165) is 30.5 Å². The SMILES string of the molecule is CCNC1CCN(CC2CC2)C(C)C1C. The molecule has 2 heteroatoms. The summed E-state index contributed by atoms with van der Waals surface area (Å²) in [6.07, 6.45) is 4.30. The molecule has 0 aromatic heterocycles. The summed E-state index contributed by atoms with van der Waals surface area (Å²) in [6, 6.07) is 1.52. The zero-order valence-corrected chi connectivity index (χ0v) is 10.5. The van der Waals surface area contributed by atoms with Crippen molar-refractivity contribution in [3.63, 3.8) is 0 Å². The van der Waals surface area contributed by atoms with E-state index in [0.29, 0.717) is 0 Å². The molecule has 2 rings (SSSR count). The molecule has 0 radical (unpaired) electrons. The predicted molar refractivity (Wildman–Crippen MR) is 65.0 cm³/mol. The lowest BCUT2D eigenvalue weighted by atomic mass is 9.87. The average molecular weight is 210 g/mol. The van der Waals surface area contributed by atoms with Crippen LogP contribution in [0.1, 0.15) is 40.0 Å². The number of hydrogen-bond acceptors (Lipinski definition) is 2. The van der Waals surface area contributed by atoms with Crippen LogP contribution in [-0.2, 0) is 0 Å². The second-order valence-corrected chi connectivity index (χ2v) is 5.49. The van der Waals surface area contributed by atoms with Crippen molar-refractivity contribution < 1.29 is 0 Å². The van der Waals surface area contributed by atoms with E-state index in [4.69, 9.17) is 0 Å². The molecule has 1 aliphatic heterocycles. The molecular weight excluding hydrogens is 184 g/mol. The van der Waals surface area contributed by atoms with Gasteiger partial charge in [0.05, 0.1) is 0 Å². The van der Waals surface area contributed by atoms with Crippen LogP contribution >= 0.6 is 0 Å². The fourth-order valence-electron chi connectivity index (χ4n) is 2.88. The molecule has 2 aliphatic rings. The van der Waals surface area contributed by atoms with Crippen LogP contribution in [0.5, 0.6) is 0 Å².